The van der Waals surface area contributed by atoms with Crippen molar-refractivity contribution >= 4 is 23.2 Å². The largest absolute Gasteiger partial charge is 0.480 e. The highest BCUT2D eigenvalue weighted by atomic mass is 32.1. The first-order valence-corrected chi connectivity index (χ1v) is 6.30. The molecule has 0 bridgehead atoms. The molecule has 6 nitrogen and oxygen atoms in total. The number of ether oxygens (including phenoxy) is 1. The van der Waals surface area contributed by atoms with Crippen LogP contribution in [0.5, 0.6) is 0 Å². The van der Waals surface area contributed by atoms with Gasteiger partial charge in [-0.1, -0.05) is 13.8 Å². The third-order valence-corrected chi connectivity index (χ3v) is 3.09. The number of aliphatic carboxylic acids is 1. The fraction of sp³-hybridized carbons (Fsp3) is 0.545. The molecule has 0 spiro atoms. The summed E-state index contributed by atoms with van der Waals surface area (Å²) in [5, 5.41) is 13.7. The number of carboxylic acids is 1. The van der Waals surface area contributed by atoms with Crippen molar-refractivity contribution in [1.29, 1.82) is 0 Å². The van der Waals surface area contributed by atoms with Gasteiger partial charge in [0.1, 0.15) is 16.7 Å². The molecule has 1 atom stereocenters. The van der Waals surface area contributed by atoms with Crippen molar-refractivity contribution in [3.63, 3.8) is 0 Å². The zero-order chi connectivity index (χ0) is 13.7. The third kappa shape index (κ3) is 3.78. The van der Waals surface area contributed by atoms with E-state index in [-0.39, 0.29) is 11.6 Å². The Bertz CT molecular complexity index is 430. The fourth-order valence-electron chi connectivity index (χ4n) is 1.33. The molecule has 1 heterocycles. The number of aromatic nitrogens is 1. The molecule has 1 aromatic heterocycles. The summed E-state index contributed by atoms with van der Waals surface area (Å²) in [6.45, 7) is 3.80. The number of nitrogens with one attached hydrogen (secondary N) is 1. The Kier molecular flexibility index (Phi) is 5.24. The minimum atomic E-state index is -1.05. The average Bonchev–Trinajstić information content (AvgIpc) is 2.73. The summed E-state index contributed by atoms with van der Waals surface area (Å²) >= 11 is 1.30. The van der Waals surface area contributed by atoms with E-state index in [1.807, 2.05) is 0 Å². The number of nitrogens with zero attached hydrogens (tertiary/aromatic N) is 1. The number of hydrogen-bond acceptors (Lipinski definition) is 5. The van der Waals surface area contributed by atoms with Crippen LogP contribution in [0.1, 0.15) is 29.3 Å². The monoisotopic (exact) mass is 272 g/mol. The molecule has 1 aromatic rings. The predicted molar refractivity (Wildman–Crippen MR) is 66.6 cm³/mol. The second-order valence-electron chi connectivity index (χ2n) is 4.09. The lowest BCUT2D eigenvalue weighted by molar-refractivity contribution is -0.140. The van der Waals surface area contributed by atoms with Crippen LogP contribution in [-0.2, 0) is 16.1 Å². The van der Waals surface area contributed by atoms with Gasteiger partial charge in [-0.25, -0.2) is 9.78 Å². The zero-order valence-electron chi connectivity index (χ0n) is 10.5. The lowest BCUT2D eigenvalue weighted by Crippen LogP contribution is -2.44. The molecule has 0 radical (unpaired) electrons. The molecule has 1 rings (SSSR count). The molecule has 18 heavy (non-hydrogen) atoms. The maximum absolute atomic E-state index is 11.8. The molecule has 0 aliphatic heterocycles. The Labute approximate surface area is 109 Å². The molecule has 0 saturated carbocycles. The summed E-state index contributed by atoms with van der Waals surface area (Å²) in [4.78, 5) is 26.8. The summed E-state index contributed by atoms with van der Waals surface area (Å²) in [6, 6.07) is -0.912. The van der Waals surface area contributed by atoms with Gasteiger partial charge in [0.25, 0.3) is 5.91 Å². The van der Waals surface area contributed by atoms with Gasteiger partial charge >= 0.3 is 5.97 Å². The van der Waals surface area contributed by atoms with Crippen LogP contribution in [0, 0.1) is 5.92 Å². The van der Waals surface area contributed by atoms with Crippen molar-refractivity contribution in [3.05, 3.63) is 16.1 Å². The van der Waals surface area contributed by atoms with E-state index in [1.165, 1.54) is 11.3 Å². The van der Waals surface area contributed by atoms with E-state index in [2.05, 4.69) is 10.3 Å². The Balaban J connectivity index is 2.71. The smallest absolute Gasteiger partial charge is 0.326 e. The van der Waals surface area contributed by atoms with Crippen LogP contribution >= 0.6 is 11.3 Å². The summed E-state index contributed by atoms with van der Waals surface area (Å²) in [5.74, 6) is -1.72. The maximum atomic E-state index is 11.8. The molecule has 0 aliphatic carbocycles. The summed E-state index contributed by atoms with van der Waals surface area (Å²) < 4.78 is 4.90. The number of thiazole rings is 1. The van der Waals surface area contributed by atoms with E-state index < -0.39 is 17.9 Å². The molecule has 7 heteroatoms. The van der Waals surface area contributed by atoms with E-state index >= 15 is 0 Å². The van der Waals surface area contributed by atoms with Crippen LogP contribution in [0.15, 0.2) is 5.38 Å². The summed E-state index contributed by atoms with van der Waals surface area (Å²) in [7, 11) is 1.54. The van der Waals surface area contributed by atoms with Gasteiger partial charge in [0, 0.05) is 12.5 Å². The van der Waals surface area contributed by atoms with E-state index in [0.29, 0.717) is 11.6 Å². The van der Waals surface area contributed by atoms with Gasteiger partial charge in [-0.05, 0) is 5.92 Å². The molecule has 100 valence electrons. The van der Waals surface area contributed by atoms with Crippen molar-refractivity contribution in [3.8, 4) is 0 Å². The molecule has 0 aromatic carbocycles. The molecule has 0 saturated heterocycles. The van der Waals surface area contributed by atoms with Gasteiger partial charge in [-0.3, -0.25) is 4.79 Å². The van der Waals surface area contributed by atoms with Gasteiger partial charge in [0.15, 0.2) is 0 Å². The minimum absolute atomic E-state index is 0.191. The van der Waals surface area contributed by atoms with Crippen LogP contribution in [0.25, 0.3) is 0 Å². The lowest BCUT2D eigenvalue weighted by Gasteiger charge is -2.16. The van der Waals surface area contributed by atoms with Crippen molar-refractivity contribution in [2.24, 2.45) is 5.92 Å². The number of amides is 1. The van der Waals surface area contributed by atoms with Crippen LogP contribution < -0.4 is 5.32 Å². The van der Waals surface area contributed by atoms with Crippen molar-refractivity contribution in [2.75, 3.05) is 7.11 Å². The number of rotatable bonds is 6. The highest BCUT2D eigenvalue weighted by Gasteiger charge is 2.24. The first kappa shape index (κ1) is 14.6. The van der Waals surface area contributed by atoms with Crippen LogP contribution in [0.2, 0.25) is 0 Å². The van der Waals surface area contributed by atoms with Gasteiger partial charge in [-0.2, -0.15) is 0 Å². The first-order valence-electron chi connectivity index (χ1n) is 5.42. The highest BCUT2D eigenvalue weighted by molar-refractivity contribution is 7.09. The topological polar surface area (TPSA) is 88.5 Å². The van der Waals surface area contributed by atoms with Gasteiger partial charge in [-0.15, -0.1) is 11.3 Å². The minimum Gasteiger partial charge on any atom is -0.480 e. The number of carbonyl (C=O) groups excluding carboxylic acids is 1. The van der Waals surface area contributed by atoms with Gasteiger partial charge < -0.3 is 15.2 Å². The number of carboxylic acid groups (broad SMARTS) is 1. The van der Waals surface area contributed by atoms with Crippen molar-refractivity contribution < 1.29 is 19.4 Å². The van der Waals surface area contributed by atoms with E-state index in [9.17, 15) is 9.59 Å². The normalized spacial score (nSPS) is 12.4. The number of carbonyl (C=O) groups is 2. The van der Waals surface area contributed by atoms with Gasteiger partial charge in [0.2, 0.25) is 0 Å². The van der Waals surface area contributed by atoms with E-state index in [0.717, 1.165) is 0 Å². The van der Waals surface area contributed by atoms with Crippen LogP contribution in [0.4, 0.5) is 0 Å². The molecule has 0 unspecified atom stereocenters. The molecular weight excluding hydrogens is 256 g/mol. The average molecular weight is 272 g/mol. The van der Waals surface area contributed by atoms with Crippen LogP contribution in [-0.4, -0.2) is 35.1 Å². The molecule has 1 amide bonds. The SMILES string of the molecule is COCc1nc(C(=O)N[C@@H](C(=O)O)C(C)C)cs1. The lowest BCUT2D eigenvalue weighted by atomic mass is 10.0. The molecule has 0 aliphatic rings. The quantitative estimate of drug-likeness (QED) is 0.810. The predicted octanol–water partition coefficient (Wildman–Crippen LogP) is 1.13. The second kappa shape index (κ2) is 6.46. The molecular formula is C11H16N2O4S. The van der Waals surface area contributed by atoms with E-state index in [4.69, 9.17) is 9.84 Å². The Morgan fingerprint density at radius 1 is 1.56 bits per heavy atom. The summed E-state index contributed by atoms with van der Waals surface area (Å²) in [5.41, 5.74) is 0.221. The van der Waals surface area contributed by atoms with Crippen molar-refractivity contribution in [2.45, 2.75) is 26.5 Å². The third-order valence-electron chi connectivity index (χ3n) is 2.27. The number of methoxy groups -OCH3 is 1. The Morgan fingerprint density at radius 3 is 2.72 bits per heavy atom. The first-order chi connectivity index (χ1) is 8.45. The van der Waals surface area contributed by atoms with Gasteiger partial charge in [0.05, 0.1) is 6.61 Å². The molecule has 2 N–H and O–H groups in total. The van der Waals surface area contributed by atoms with E-state index in [1.54, 1.807) is 26.3 Å². The highest BCUT2D eigenvalue weighted by Crippen LogP contribution is 2.11. The molecule has 0 fully saturated rings. The maximum Gasteiger partial charge on any atom is 0.326 e. The zero-order valence-corrected chi connectivity index (χ0v) is 11.3. The Morgan fingerprint density at radius 2 is 2.22 bits per heavy atom. The fourth-order valence-corrected chi connectivity index (χ4v) is 2.08. The van der Waals surface area contributed by atoms with Crippen LogP contribution in [0.3, 0.4) is 0 Å². The van der Waals surface area contributed by atoms with Crippen molar-refractivity contribution in [1.82, 2.24) is 10.3 Å². The summed E-state index contributed by atoms with van der Waals surface area (Å²) in [6.07, 6.45) is 0. The number of hydrogen-bond donors (Lipinski definition) is 2. The standard InChI is InChI=1S/C11H16N2O4S/c1-6(2)9(11(15)16)13-10(14)7-5-18-8(12-7)4-17-3/h5-6,9H,4H2,1-3H3,(H,13,14)(H,15,16)/t9-/m1/s1. The second-order valence-corrected chi connectivity index (χ2v) is 5.04. The Hall–Kier alpha value is -1.47.